The van der Waals surface area contributed by atoms with E-state index in [1.165, 1.54) is 11.8 Å². The van der Waals surface area contributed by atoms with Gasteiger partial charge in [-0.2, -0.15) is 0 Å². The van der Waals surface area contributed by atoms with Crippen LogP contribution < -0.4 is 10.9 Å². The Bertz CT molecular complexity index is 831. The molecule has 0 aliphatic rings. The lowest BCUT2D eigenvalue weighted by atomic mass is 10.2. The third kappa shape index (κ3) is 5.24. The Morgan fingerprint density at radius 3 is 2.62 bits per heavy atom. The molecule has 0 saturated carbocycles. The van der Waals surface area contributed by atoms with Crippen LogP contribution in [-0.2, 0) is 11.3 Å². The summed E-state index contributed by atoms with van der Waals surface area (Å²) in [5.41, 5.74) is 0.483. The average molecular weight is 396 g/mol. The number of amides is 1. The van der Waals surface area contributed by atoms with Crippen molar-refractivity contribution in [1.82, 2.24) is 14.9 Å². The fourth-order valence-electron chi connectivity index (χ4n) is 2.70. The van der Waals surface area contributed by atoms with Gasteiger partial charge in [0, 0.05) is 17.6 Å². The maximum Gasteiger partial charge on any atom is 0.262 e. The molecule has 0 aliphatic heterocycles. The van der Waals surface area contributed by atoms with Crippen LogP contribution in [0.1, 0.15) is 40.5 Å². The number of thioether (sulfide) groups is 1. The lowest BCUT2D eigenvalue weighted by molar-refractivity contribution is -0.119. The highest BCUT2D eigenvalue weighted by atomic mass is 35.5. The smallest absolute Gasteiger partial charge is 0.262 e. The maximum absolute atomic E-state index is 12.9. The fraction of sp³-hybridized carbons (Fsp3) is 0.526. The lowest BCUT2D eigenvalue weighted by Gasteiger charge is -2.16. The number of hydrogen-bond donors (Lipinski definition) is 1. The van der Waals surface area contributed by atoms with E-state index in [4.69, 9.17) is 11.6 Å². The van der Waals surface area contributed by atoms with Crippen LogP contribution in [0.2, 0.25) is 5.02 Å². The van der Waals surface area contributed by atoms with Gasteiger partial charge in [-0.1, -0.05) is 51.1 Å². The summed E-state index contributed by atoms with van der Waals surface area (Å²) in [5.74, 6) is 0.481. The second-order valence-electron chi connectivity index (χ2n) is 6.74. The standard InChI is InChI=1S/C19H26ClN3O2S/c1-5-14(6-2)21-17(24)11-26-19-22-16-8-7-13(20)9-15(16)18(25)23(19)10-12(3)4/h7-9,12,14H,5-6,10-11H2,1-4H3,(H,21,24). The molecule has 0 atom stereocenters. The Morgan fingerprint density at radius 1 is 1.31 bits per heavy atom. The first-order chi connectivity index (χ1) is 12.3. The Morgan fingerprint density at radius 2 is 2.00 bits per heavy atom. The monoisotopic (exact) mass is 395 g/mol. The second-order valence-corrected chi connectivity index (χ2v) is 8.11. The summed E-state index contributed by atoms with van der Waals surface area (Å²) in [7, 11) is 0. The SMILES string of the molecule is CCC(CC)NC(=O)CSc1nc2ccc(Cl)cc2c(=O)n1CC(C)C. The first-order valence-electron chi connectivity index (χ1n) is 8.97. The molecule has 1 N–H and O–H groups in total. The number of nitrogens with one attached hydrogen (secondary N) is 1. The minimum absolute atomic E-state index is 0.0368. The molecule has 0 radical (unpaired) electrons. The number of carbonyl (C=O) groups excluding carboxylic acids is 1. The molecule has 1 amide bonds. The minimum atomic E-state index is -0.117. The summed E-state index contributed by atoms with van der Waals surface area (Å²) < 4.78 is 1.65. The topological polar surface area (TPSA) is 64.0 Å². The van der Waals surface area contributed by atoms with Crippen LogP contribution in [0.5, 0.6) is 0 Å². The average Bonchev–Trinajstić information content (AvgIpc) is 2.60. The number of rotatable bonds is 8. The summed E-state index contributed by atoms with van der Waals surface area (Å²) in [4.78, 5) is 29.7. The number of aromatic nitrogens is 2. The van der Waals surface area contributed by atoms with Gasteiger partial charge in [0.05, 0.1) is 16.7 Å². The molecule has 1 heterocycles. The van der Waals surface area contributed by atoms with Gasteiger partial charge >= 0.3 is 0 Å². The first-order valence-corrected chi connectivity index (χ1v) is 10.3. The zero-order valence-corrected chi connectivity index (χ0v) is 17.3. The molecule has 1 aromatic heterocycles. The van der Waals surface area contributed by atoms with Crippen molar-refractivity contribution in [2.45, 2.75) is 58.3 Å². The molecule has 1 aromatic carbocycles. The largest absolute Gasteiger partial charge is 0.353 e. The van der Waals surface area contributed by atoms with Crippen LogP contribution in [0.25, 0.3) is 10.9 Å². The maximum atomic E-state index is 12.9. The molecule has 142 valence electrons. The van der Waals surface area contributed by atoms with E-state index in [2.05, 4.69) is 24.1 Å². The van der Waals surface area contributed by atoms with Gasteiger partial charge in [-0.05, 0) is 37.0 Å². The summed E-state index contributed by atoms with van der Waals surface area (Å²) in [6.07, 6.45) is 1.81. The van der Waals surface area contributed by atoms with Crippen LogP contribution in [0, 0.1) is 5.92 Å². The van der Waals surface area contributed by atoms with Gasteiger partial charge in [0.25, 0.3) is 5.56 Å². The van der Waals surface area contributed by atoms with Crippen molar-refractivity contribution in [2.75, 3.05) is 5.75 Å². The number of nitrogens with zero attached hydrogens (tertiary/aromatic N) is 2. The van der Waals surface area contributed by atoms with Gasteiger partial charge in [0.2, 0.25) is 5.91 Å². The molecular formula is C19H26ClN3O2S. The van der Waals surface area contributed by atoms with Crippen molar-refractivity contribution in [1.29, 1.82) is 0 Å². The normalized spacial score (nSPS) is 11.5. The summed E-state index contributed by atoms with van der Waals surface area (Å²) in [6.45, 7) is 8.74. The molecule has 0 fully saturated rings. The number of fused-ring (bicyclic) bond motifs is 1. The highest BCUT2D eigenvalue weighted by Crippen LogP contribution is 2.21. The molecule has 7 heteroatoms. The van der Waals surface area contributed by atoms with E-state index >= 15 is 0 Å². The van der Waals surface area contributed by atoms with E-state index < -0.39 is 0 Å². The van der Waals surface area contributed by atoms with E-state index in [0.717, 1.165) is 12.8 Å². The molecule has 0 saturated heterocycles. The van der Waals surface area contributed by atoms with Gasteiger partial charge in [-0.15, -0.1) is 0 Å². The van der Waals surface area contributed by atoms with Gasteiger partial charge < -0.3 is 5.32 Å². The second kappa shape index (κ2) is 9.42. The van der Waals surface area contributed by atoms with Crippen molar-refractivity contribution in [3.63, 3.8) is 0 Å². The number of hydrogen-bond acceptors (Lipinski definition) is 4. The Balaban J connectivity index is 2.31. The molecular weight excluding hydrogens is 370 g/mol. The van der Waals surface area contributed by atoms with Crippen molar-refractivity contribution in [2.24, 2.45) is 5.92 Å². The molecule has 26 heavy (non-hydrogen) atoms. The minimum Gasteiger partial charge on any atom is -0.353 e. The number of carbonyl (C=O) groups is 1. The molecule has 0 bridgehead atoms. The summed E-state index contributed by atoms with van der Waals surface area (Å²) in [5, 5.41) is 4.60. The van der Waals surface area contributed by atoms with Gasteiger partial charge in [-0.3, -0.25) is 14.2 Å². The predicted octanol–water partition coefficient (Wildman–Crippen LogP) is 4.10. The number of benzene rings is 1. The highest BCUT2D eigenvalue weighted by Gasteiger charge is 2.15. The van der Waals surface area contributed by atoms with Gasteiger partial charge in [0.1, 0.15) is 0 Å². The van der Waals surface area contributed by atoms with Crippen molar-refractivity contribution in [3.05, 3.63) is 33.6 Å². The third-order valence-electron chi connectivity index (χ3n) is 4.11. The molecule has 0 spiro atoms. The third-order valence-corrected chi connectivity index (χ3v) is 5.32. The van der Waals surface area contributed by atoms with Crippen LogP contribution in [0.4, 0.5) is 0 Å². The molecule has 2 aromatic rings. The first kappa shape index (κ1) is 20.8. The van der Waals surface area contributed by atoms with E-state index in [-0.39, 0.29) is 29.2 Å². The van der Waals surface area contributed by atoms with Crippen LogP contribution in [0.3, 0.4) is 0 Å². The van der Waals surface area contributed by atoms with E-state index in [1.807, 2.05) is 13.8 Å². The van der Waals surface area contributed by atoms with Crippen molar-refractivity contribution < 1.29 is 4.79 Å². The van der Waals surface area contributed by atoms with Crippen molar-refractivity contribution >= 4 is 40.2 Å². The Labute approximate surface area is 163 Å². The molecule has 0 unspecified atom stereocenters. The quantitative estimate of drug-likeness (QED) is 0.539. The lowest BCUT2D eigenvalue weighted by Crippen LogP contribution is -2.35. The highest BCUT2D eigenvalue weighted by molar-refractivity contribution is 7.99. The van der Waals surface area contributed by atoms with E-state index in [0.29, 0.717) is 27.6 Å². The van der Waals surface area contributed by atoms with Crippen LogP contribution >= 0.6 is 23.4 Å². The fourth-order valence-corrected chi connectivity index (χ4v) is 3.69. The van der Waals surface area contributed by atoms with Crippen LogP contribution in [-0.4, -0.2) is 27.3 Å². The van der Waals surface area contributed by atoms with E-state index in [9.17, 15) is 9.59 Å². The number of halogens is 1. The zero-order chi connectivity index (χ0) is 19.3. The van der Waals surface area contributed by atoms with E-state index in [1.54, 1.807) is 22.8 Å². The molecule has 2 rings (SSSR count). The van der Waals surface area contributed by atoms with Gasteiger partial charge in [0.15, 0.2) is 5.16 Å². The van der Waals surface area contributed by atoms with Gasteiger partial charge in [-0.25, -0.2) is 4.98 Å². The predicted molar refractivity (Wildman–Crippen MR) is 109 cm³/mol. The summed E-state index contributed by atoms with van der Waals surface area (Å²) in [6, 6.07) is 5.30. The molecule has 0 aliphatic carbocycles. The molecule has 5 nitrogen and oxygen atoms in total. The van der Waals surface area contributed by atoms with Crippen molar-refractivity contribution in [3.8, 4) is 0 Å². The summed E-state index contributed by atoms with van der Waals surface area (Å²) >= 11 is 7.33. The Hall–Kier alpha value is -1.53. The zero-order valence-electron chi connectivity index (χ0n) is 15.7. The van der Waals surface area contributed by atoms with Crippen LogP contribution in [0.15, 0.2) is 28.2 Å². The Kier molecular flexibility index (Phi) is 7.53.